The number of phosphoric ester groups is 1. The Morgan fingerprint density at radius 2 is 1.75 bits per heavy atom. The molecular formula is C42H51N5O17P3S2-. The molecule has 3 aromatic rings. The lowest BCUT2D eigenvalue weighted by Crippen LogP contribution is -2.36. The summed E-state index contributed by atoms with van der Waals surface area (Å²) in [5, 5.41) is 17.2. The molecule has 3 aliphatic rings. The van der Waals surface area contributed by atoms with Crippen LogP contribution in [-0.2, 0) is 42.7 Å². The van der Waals surface area contributed by atoms with Gasteiger partial charge in [-0.1, -0.05) is 41.0 Å². The minimum atomic E-state index is -5.80. The van der Waals surface area contributed by atoms with E-state index in [1.165, 1.54) is 39.9 Å². The third kappa shape index (κ3) is 14.0. The first-order valence-corrected chi connectivity index (χ1v) is 28.0. The molecule has 374 valence electrons. The fourth-order valence-electron chi connectivity index (χ4n) is 7.51. The molecule has 5 atom stereocenters. The molecule has 0 bridgehead atoms. The molecular weight excluding hydrogens is 1000 g/mol. The van der Waals surface area contributed by atoms with Crippen LogP contribution in [0.15, 0.2) is 68.9 Å². The van der Waals surface area contributed by atoms with Gasteiger partial charge in [-0.05, 0) is 99.7 Å². The lowest BCUT2D eigenvalue weighted by molar-refractivity contribution is -0.255. The fourth-order valence-corrected chi connectivity index (χ4v) is 12.7. The molecule has 0 radical (unpaired) electrons. The molecule has 1 fully saturated rings. The first-order valence-electron chi connectivity index (χ1n) is 21.1. The number of anilines is 1. The number of nitrogens with zero attached hydrogens (tertiary/aromatic N) is 3. The van der Waals surface area contributed by atoms with Crippen LogP contribution < -0.4 is 27.2 Å². The van der Waals surface area contributed by atoms with Crippen LogP contribution in [0, 0.1) is 13.8 Å². The Balaban J connectivity index is 1.14. The number of hydrogen-bond acceptors (Lipinski definition) is 18. The maximum atomic E-state index is 13.7. The summed E-state index contributed by atoms with van der Waals surface area (Å²) in [5.74, 6) is -1.61. The van der Waals surface area contributed by atoms with E-state index in [0.29, 0.717) is 40.0 Å². The number of rotatable bonds is 21. The summed E-state index contributed by atoms with van der Waals surface area (Å²) >= 11 is 0. The number of phosphoric acid groups is 3. The number of fused-ring (bicyclic) bond motifs is 2. The zero-order chi connectivity index (χ0) is 50.6. The van der Waals surface area contributed by atoms with Crippen molar-refractivity contribution in [1.29, 1.82) is 0 Å². The molecule has 1 amide bonds. The Labute approximate surface area is 403 Å². The van der Waals surface area contributed by atoms with Gasteiger partial charge in [0.1, 0.15) is 35.4 Å². The van der Waals surface area contributed by atoms with Crippen LogP contribution in [0.4, 0.5) is 5.82 Å². The third-order valence-corrected chi connectivity index (χ3v) is 17.3. The average molecular weight is 1050 g/mol. The predicted molar refractivity (Wildman–Crippen MR) is 255 cm³/mol. The number of hydrogen-bond donors (Lipinski definition) is 6. The van der Waals surface area contributed by atoms with Crippen molar-refractivity contribution in [2.75, 3.05) is 31.4 Å². The quantitative estimate of drug-likeness (QED) is 0.0167. The van der Waals surface area contributed by atoms with Crippen molar-refractivity contribution in [1.82, 2.24) is 14.9 Å². The van der Waals surface area contributed by atoms with Gasteiger partial charge in [-0.25, -0.2) is 18.5 Å². The number of aryl methyl sites for hydroxylation is 3. The maximum Gasteiger partial charge on any atom is 0.490 e. The Bertz CT molecular complexity index is 3000. The summed E-state index contributed by atoms with van der Waals surface area (Å²) < 4.78 is 66.5. The molecule has 3 unspecified atom stereocenters. The summed E-state index contributed by atoms with van der Waals surface area (Å²) in [6, 6.07) is 13.5. The molecule has 2 aromatic carbocycles. The van der Waals surface area contributed by atoms with Crippen molar-refractivity contribution in [3.63, 3.8) is 0 Å². The number of carboxylic acid groups (broad SMARTS) is 1. The number of nitrogens with two attached hydrogens (primary N) is 1. The summed E-state index contributed by atoms with van der Waals surface area (Å²) in [4.78, 5) is 84.6. The molecule has 0 saturated carbocycles. The summed E-state index contributed by atoms with van der Waals surface area (Å²) in [7, 11) is -14.4. The van der Waals surface area contributed by atoms with Gasteiger partial charge in [0.05, 0.1) is 24.0 Å². The van der Waals surface area contributed by atoms with Gasteiger partial charge < -0.3 is 54.4 Å². The van der Waals surface area contributed by atoms with E-state index < -0.39 is 70.8 Å². The molecule has 69 heavy (non-hydrogen) atoms. The second-order valence-electron chi connectivity index (χ2n) is 16.4. The lowest BCUT2D eigenvalue weighted by atomic mass is 9.88. The summed E-state index contributed by atoms with van der Waals surface area (Å²) in [5.41, 5.74) is 9.93. The minimum absolute atomic E-state index is 0.0332. The number of benzene rings is 3. The largest absolute Gasteiger partial charge is 0.545 e. The van der Waals surface area contributed by atoms with E-state index >= 15 is 0 Å². The third-order valence-electron chi connectivity index (χ3n) is 10.6. The lowest BCUT2D eigenvalue weighted by Gasteiger charge is -2.25. The van der Waals surface area contributed by atoms with Crippen LogP contribution in [0.1, 0.15) is 84.2 Å². The van der Waals surface area contributed by atoms with E-state index in [9.17, 15) is 43.0 Å². The van der Waals surface area contributed by atoms with E-state index in [2.05, 4.69) is 30.8 Å². The van der Waals surface area contributed by atoms with Crippen LogP contribution in [-0.4, -0.2) is 83.6 Å². The van der Waals surface area contributed by atoms with Gasteiger partial charge in [0.25, 0.3) is 5.91 Å². The Hall–Kier alpha value is -4.22. The predicted octanol–water partition coefficient (Wildman–Crippen LogP) is 5.76. The normalized spacial score (nSPS) is 18.6. The first kappa shape index (κ1) is 54.1. The van der Waals surface area contributed by atoms with Crippen molar-refractivity contribution >= 4 is 73.7 Å². The zero-order valence-electron chi connectivity index (χ0n) is 38.1. The zero-order valence-corrected chi connectivity index (χ0v) is 42.4. The number of carbonyl (C=O) groups is 2. The number of ether oxygens (including phenoxy) is 2. The number of aromatic nitrogens is 2. The second kappa shape index (κ2) is 22.0. The summed E-state index contributed by atoms with van der Waals surface area (Å²) in [6.07, 6.45) is -0.213. The molecule has 1 saturated heterocycles. The van der Waals surface area contributed by atoms with E-state index in [-0.39, 0.29) is 35.8 Å². The highest BCUT2D eigenvalue weighted by Gasteiger charge is 2.44. The van der Waals surface area contributed by atoms with E-state index in [1.807, 2.05) is 58.9 Å². The van der Waals surface area contributed by atoms with Crippen molar-refractivity contribution < 1.29 is 75.0 Å². The number of carboxylic acids is 1. The summed E-state index contributed by atoms with van der Waals surface area (Å²) in [6.45, 7) is 11.5. The Morgan fingerprint density at radius 3 is 2.42 bits per heavy atom. The molecule has 27 heteroatoms. The Kier molecular flexibility index (Phi) is 17.3. The molecule has 22 nitrogen and oxygen atoms in total. The molecule has 1 aliphatic carbocycles. The van der Waals surface area contributed by atoms with Crippen molar-refractivity contribution in [2.24, 2.45) is 4.99 Å². The van der Waals surface area contributed by atoms with Gasteiger partial charge in [-0.15, -0.1) is 0 Å². The number of nitrogen functional groups attached to an aromatic ring is 1. The number of aromatic carboxylic acids is 1. The van der Waals surface area contributed by atoms with Crippen LogP contribution >= 0.6 is 45.1 Å². The first-order chi connectivity index (χ1) is 32.3. The smallest absolute Gasteiger partial charge is 0.490 e. The molecule has 6 rings (SSSR count). The van der Waals surface area contributed by atoms with Crippen molar-refractivity contribution in [2.45, 2.75) is 84.0 Å². The number of carbonyl (C=O) groups excluding carboxylic acids is 2. The monoisotopic (exact) mass is 1050 g/mol. The molecule has 1 aromatic heterocycles. The number of nitrogens with one attached hydrogen (secondary N) is 1. The Morgan fingerprint density at radius 1 is 1.01 bits per heavy atom. The average Bonchev–Trinajstić information content (AvgIpc) is 3.65. The van der Waals surface area contributed by atoms with Crippen LogP contribution in [0.5, 0.6) is 0 Å². The van der Waals surface area contributed by atoms with Gasteiger partial charge in [-0.3, -0.25) is 18.9 Å². The van der Waals surface area contributed by atoms with E-state index in [1.54, 1.807) is 12.1 Å². The van der Waals surface area contributed by atoms with Crippen LogP contribution in [0.25, 0.3) is 33.4 Å². The van der Waals surface area contributed by atoms with Crippen LogP contribution in [0.2, 0.25) is 0 Å². The number of amides is 1. The van der Waals surface area contributed by atoms with Gasteiger partial charge in [0.2, 0.25) is 0 Å². The van der Waals surface area contributed by atoms with Crippen molar-refractivity contribution in [3.8, 4) is 22.5 Å². The molecule has 2 aliphatic heterocycles. The standard InChI is InChI=1S/C42H52N5O17P3S2/c1-7-9-25-17-32-29(14-23(25)3)38(30-15-24(4)31(44-8-2)18-33(30)61-32)27-11-10-26(16-28(27)40(49)50)39(48)45-21-42(5,6)69-68-22-59-34-19-37(47-13-12-36(43)46-41(47)51)62-35(34)20-60-66(55,56)64-67(57,58)63-65(52,53)54/h10-18,34-35,37H,7-9,19-22H2,1-6H3,(H,45,48)(H,49,50)(H,55,56)(H,57,58)(H2,43,46,51)(H2,52,53,54)/p-1/t34?,35-,37-/m1/s1. The molecule has 7 N–H and O–H groups in total. The highest BCUT2D eigenvalue weighted by atomic mass is 33.1. The van der Waals surface area contributed by atoms with Crippen LogP contribution in [0.3, 0.4) is 0 Å². The van der Waals surface area contributed by atoms with E-state index in [0.717, 1.165) is 39.5 Å². The topological polar surface area (TPSA) is 334 Å². The minimum Gasteiger partial charge on any atom is -0.545 e. The molecule has 0 spiro atoms. The van der Waals surface area contributed by atoms with Gasteiger partial charge >= 0.3 is 29.2 Å². The highest BCUT2D eigenvalue weighted by Crippen LogP contribution is 2.66. The fraction of sp³-hybridized carbons (Fsp3) is 0.405. The molecule has 3 heterocycles. The highest BCUT2D eigenvalue weighted by molar-refractivity contribution is 8.77. The van der Waals surface area contributed by atoms with Gasteiger partial charge in [0.15, 0.2) is 0 Å². The SMILES string of the molecule is CCCc1cc2oc3cc(=NCC)c(C)cc-3c(-c3ccc(C(=O)NCC(C)(C)SSCOC4C[C@H](n5ccc(N)nc5=O)O[C@@H]4COP(=O)(O)OP(=O)(O)OP(=O)(O)O)cc3C(=O)[O-])c2cc1C. The van der Waals surface area contributed by atoms with Gasteiger partial charge in [0, 0.05) is 64.2 Å². The van der Waals surface area contributed by atoms with Gasteiger partial charge in [-0.2, -0.15) is 13.6 Å². The second-order valence-corrected chi connectivity index (χ2v) is 23.8. The maximum absolute atomic E-state index is 13.7. The van der Waals surface area contributed by atoms with Crippen molar-refractivity contribution in [3.05, 3.63) is 98.4 Å². The van der Waals surface area contributed by atoms with E-state index in [4.69, 9.17) is 33.9 Å².